The van der Waals surface area contributed by atoms with Crippen LogP contribution in [0, 0.1) is 0 Å². The van der Waals surface area contributed by atoms with Gasteiger partial charge < -0.3 is 10.1 Å². The lowest BCUT2D eigenvalue weighted by Gasteiger charge is -2.34. The van der Waals surface area contributed by atoms with Crippen molar-refractivity contribution in [3.63, 3.8) is 0 Å². The zero-order valence-corrected chi connectivity index (χ0v) is 13.0. The number of carbonyl (C=O) groups is 1. The van der Waals surface area contributed by atoms with E-state index in [1.54, 1.807) is 0 Å². The number of halogens is 1. The minimum absolute atomic E-state index is 0.139. The quantitative estimate of drug-likeness (QED) is 0.868. The highest BCUT2D eigenvalue weighted by Gasteiger charge is 2.55. The molecule has 4 nitrogen and oxygen atoms in total. The molecular formula is C16H21ClN2O2. The molecule has 2 aliphatic rings. The van der Waals surface area contributed by atoms with Crippen LogP contribution < -0.4 is 5.32 Å². The molecule has 21 heavy (non-hydrogen) atoms. The molecule has 0 amide bonds. The molecule has 2 saturated heterocycles. The van der Waals surface area contributed by atoms with E-state index in [0.29, 0.717) is 11.6 Å². The number of esters is 1. The van der Waals surface area contributed by atoms with Crippen LogP contribution in [0.1, 0.15) is 26.2 Å². The predicted octanol–water partition coefficient (Wildman–Crippen LogP) is 2.92. The molecular weight excluding hydrogens is 288 g/mol. The number of rotatable bonds is 4. The highest BCUT2D eigenvalue weighted by molar-refractivity contribution is 6.30. The van der Waals surface area contributed by atoms with Gasteiger partial charge in [0, 0.05) is 23.3 Å². The lowest BCUT2D eigenvalue weighted by atomic mass is 9.88. The van der Waals surface area contributed by atoms with Gasteiger partial charge >= 0.3 is 5.97 Å². The summed E-state index contributed by atoms with van der Waals surface area (Å²) in [6.07, 6.45) is 2.96. The van der Waals surface area contributed by atoms with Crippen molar-refractivity contribution in [3.8, 4) is 0 Å². The summed E-state index contributed by atoms with van der Waals surface area (Å²) in [7, 11) is 0. The van der Waals surface area contributed by atoms with Gasteiger partial charge in [0.05, 0.1) is 6.61 Å². The van der Waals surface area contributed by atoms with Crippen molar-refractivity contribution in [2.24, 2.45) is 0 Å². The lowest BCUT2D eigenvalue weighted by Crippen LogP contribution is -2.55. The summed E-state index contributed by atoms with van der Waals surface area (Å²) < 4.78 is 5.38. The van der Waals surface area contributed by atoms with Gasteiger partial charge in [0.1, 0.15) is 0 Å². The second kappa shape index (κ2) is 5.85. The Labute approximate surface area is 130 Å². The SMILES string of the molecule is CCOC(=O)C1(Nc2cccc(Cl)c2)CCN2CCCC21. The Hall–Kier alpha value is -1.26. The van der Waals surface area contributed by atoms with Gasteiger partial charge in [-0.25, -0.2) is 4.79 Å². The molecule has 2 unspecified atom stereocenters. The number of nitrogens with one attached hydrogen (secondary N) is 1. The van der Waals surface area contributed by atoms with Crippen LogP contribution in [0.3, 0.4) is 0 Å². The lowest BCUT2D eigenvalue weighted by molar-refractivity contribution is -0.149. The van der Waals surface area contributed by atoms with Crippen LogP contribution in [0.2, 0.25) is 5.02 Å². The largest absolute Gasteiger partial charge is 0.464 e. The first kappa shape index (κ1) is 14.7. The average Bonchev–Trinajstić information content (AvgIpc) is 3.03. The van der Waals surface area contributed by atoms with Gasteiger partial charge in [0.25, 0.3) is 0 Å². The van der Waals surface area contributed by atoms with Crippen molar-refractivity contribution in [2.75, 3.05) is 25.0 Å². The minimum atomic E-state index is -0.642. The first-order chi connectivity index (χ1) is 10.2. The monoisotopic (exact) mass is 308 g/mol. The smallest absolute Gasteiger partial charge is 0.333 e. The highest BCUT2D eigenvalue weighted by atomic mass is 35.5. The van der Waals surface area contributed by atoms with E-state index in [2.05, 4.69) is 10.2 Å². The molecule has 1 aromatic carbocycles. The van der Waals surface area contributed by atoms with Gasteiger partial charge in [-0.1, -0.05) is 17.7 Å². The standard InChI is InChI=1S/C16H21ClN2O2/c1-2-21-15(20)16(8-10-19-9-4-7-14(16)19)18-13-6-3-5-12(17)11-13/h3,5-6,11,14,18H,2,4,7-10H2,1H3. The Morgan fingerprint density at radius 3 is 3.14 bits per heavy atom. The highest BCUT2D eigenvalue weighted by Crippen LogP contribution is 2.39. The van der Waals surface area contributed by atoms with Gasteiger partial charge in [0.15, 0.2) is 5.54 Å². The maximum absolute atomic E-state index is 12.7. The number of hydrogen-bond donors (Lipinski definition) is 1. The first-order valence-corrected chi connectivity index (χ1v) is 7.98. The summed E-state index contributed by atoms with van der Waals surface area (Å²) in [5, 5.41) is 4.12. The van der Waals surface area contributed by atoms with Crippen molar-refractivity contribution in [1.29, 1.82) is 0 Å². The van der Waals surface area contributed by atoms with Crippen molar-refractivity contribution in [2.45, 2.75) is 37.8 Å². The molecule has 2 fully saturated rings. The van der Waals surface area contributed by atoms with Gasteiger partial charge in [-0.2, -0.15) is 0 Å². The van der Waals surface area contributed by atoms with Crippen LogP contribution in [-0.4, -0.2) is 42.1 Å². The summed E-state index contributed by atoms with van der Waals surface area (Å²) in [5.41, 5.74) is 0.237. The molecule has 1 aromatic rings. The number of benzene rings is 1. The molecule has 0 saturated carbocycles. The van der Waals surface area contributed by atoms with Crippen LogP contribution in [0.15, 0.2) is 24.3 Å². The van der Waals surface area contributed by atoms with Crippen molar-refractivity contribution >= 4 is 23.3 Å². The second-order valence-electron chi connectivity index (χ2n) is 5.77. The number of anilines is 1. The minimum Gasteiger partial charge on any atom is -0.464 e. The summed E-state index contributed by atoms with van der Waals surface area (Å²) in [6, 6.07) is 7.76. The topological polar surface area (TPSA) is 41.6 Å². The van der Waals surface area contributed by atoms with Crippen molar-refractivity contribution < 1.29 is 9.53 Å². The Kier molecular flexibility index (Phi) is 4.09. The van der Waals surface area contributed by atoms with Crippen LogP contribution in [0.25, 0.3) is 0 Å². The van der Waals surface area contributed by atoms with E-state index in [9.17, 15) is 4.79 Å². The van der Waals surface area contributed by atoms with Crippen LogP contribution in [0.4, 0.5) is 5.69 Å². The molecule has 0 bridgehead atoms. The Morgan fingerprint density at radius 1 is 1.52 bits per heavy atom. The van der Waals surface area contributed by atoms with E-state index in [-0.39, 0.29) is 12.0 Å². The fourth-order valence-electron chi connectivity index (χ4n) is 3.66. The Balaban J connectivity index is 1.91. The van der Waals surface area contributed by atoms with Crippen molar-refractivity contribution in [1.82, 2.24) is 4.90 Å². The Morgan fingerprint density at radius 2 is 2.38 bits per heavy atom. The third-order valence-electron chi connectivity index (χ3n) is 4.56. The zero-order valence-electron chi connectivity index (χ0n) is 12.3. The van der Waals surface area contributed by atoms with Gasteiger partial charge in [0.2, 0.25) is 0 Å². The summed E-state index contributed by atoms with van der Waals surface area (Å²) in [6.45, 7) is 4.27. The van der Waals surface area contributed by atoms with Crippen molar-refractivity contribution in [3.05, 3.63) is 29.3 Å². The van der Waals surface area contributed by atoms with Crippen LogP contribution in [-0.2, 0) is 9.53 Å². The molecule has 0 spiro atoms. The van der Waals surface area contributed by atoms with E-state index in [1.165, 1.54) is 0 Å². The number of fused-ring (bicyclic) bond motifs is 1. The van der Waals surface area contributed by atoms with Gasteiger partial charge in [-0.3, -0.25) is 4.90 Å². The molecule has 0 aliphatic carbocycles. The van der Waals surface area contributed by atoms with E-state index in [4.69, 9.17) is 16.3 Å². The number of hydrogen-bond acceptors (Lipinski definition) is 4. The summed E-state index contributed by atoms with van der Waals surface area (Å²) in [4.78, 5) is 15.1. The molecule has 2 heterocycles. The third-order valence-corrected chi connectivity index (χ3v) is 4.79. The van der Waals surface area contributed by atoms with E-state index < -0.39 is 5.54 Å². The molecule has 3 rings (SSSR count). The molecule has 2 atom stereocenters. The second-order valence-corrected chi connectivity index (χ2v) is 6.21. The Bertz CT molecular complexity index is 537. The normalized spacial score (nSPS) is 28.4. The van der Waals surface area contributed by atoms with E-state index >= 15 is 0 Å². The molecule has 0 aromatic heterocycles. The fraction of sp³-hybridized carbons (Fsp3) is 0.562. The maximum Gasteiger partial charge on any atom is 0.333 e. The first-order valence-electron chi connectivity index (χ1n) is 7.61. The molecule has 0 radical (unpaired) electrons. The van der Waals surface area contributed by atoms with Gasteiger partial charge in [-0.05, 0) is 50.9 Å². The van der Waals surface area contributed by atoms with Gasteiger partial charge in [-0.15, -0.1) is 0 Å². The maximum atomic E-state index is 12.7. The number of ether oxygens (including phenoxy) is 1. The molecule has 114 valence electrons. The number of carbonyl (C=O) groups excluding carboxylic acids is 1. The average molecular weight is 309 g/mol. The summed E-state index contributed by atoms with van der Waals surface area (Å²) in [5.74, 6) is -0.139. The number of nitrogens with zero attached hydrogens (tertiary/aromatic N) is 1. The van der Waals surface area contributed by atoms with Crippen LogP contribution in [0.5, 0.6) is 0 Å². The summed E-state index contributed by atoms with van der Waals surface area (Å²) >= 11 is 6.06. The third kappa shape index (κ3) is 2.62. The predicted molar refractivity (Wildman–Crippen MR) is 83.7 cm³/mol. The zero-order chi connectivity index (χ0) is 14.9. The van der Waals surface area contributed by atoms with Crippen LogP contribution >= 0.6 is 11.6 Å². The molecule has 2 aliphatic heterocycles. The molecule has 5 heteroatoms. The van der Waals surface area contributed by atoms with E-state index in [0.717, 1.165) is 38.0 Å². The molecule has 1 N–H and O–H groups in total. The fourth-order valence-corrected chi connectivity index (χ4v) is 3.85. The van der Waals surface area contributed by atoms with E-state index in [1.807, 2.05) is 31.2 Å².